The molecule has 0 saturated carbocycles. The molecule has 0 saturated heterocycles. The largest absolute Gasteiger partial charge is 0.493 e. The van der Waals surface area contributed by atoms with E-state index in [9.17, 15) is 4.79 Å². The standard InChI is InChI=1S/C12H12O4/c1-7-5-8-3-4-9(6-10(13)14)11(15-2)12(8)16-7/h3-5H,6H2,1-2H3,(H,13,14). The Bertz CT molecular complexity index is 539. The summed E-state index contributed by atoms with van der Waals surface area (Å²) >= 11 is 0. The van der Waals surface area contributed by atoms with Crippen molar-refractivity contribution >= 4 is 16.9 Å². The highest BCUT2D eigenvalue weighted by atomic mass is 16.5. The van der Waals surface area contributed by atoms with Crippen molar-refractivity contribution in [2.45, 2.75) is 13.3 Å². The molecule has 1 N–H and O–H groups in total. The van der Waals surface area contributed by atoms with Crippen LogP contribution in [0, 0.1) is 6.92 Å². The van der Waals surface area contributed by atoms with Gasteiger partial charge in [0.15, 0.2) is 11.3 Å². The molecule has 0 aliphatic carbocycles. The maximum absolute atomic E-state index is 10.7. The second-order valence-corrected chi connectivity index (χ2v) is 3.60. The summed E-state index contributed by atoms with van der Waals surface area (Å²) in [6.45, 7) is 1.84. The first-order valence-corrected chi connectivity index (χ1v) is 4.89. The van der Waals surface area contributed by atoms with Gasteiger partial charge in [-0.3, -0.25) is 4.79 Å². The number of carboxylic acid groups (broad SMARTS) is 1. The van der Waals surface area contributed by atoms with Gasteiger partial charge in [0.25, 0.3) is 0 Å². The van der Waals surface area contributed by atoms with Crippen molar-refractivity contribution < 1.29 is 19.1 Å². The van der Waals surface area contributed by atoms with E-state index in [4.69, 9.17) is 14.3 Å². The van der Waals surface area contributed by atoms with E-state index in [1.165, 1.54) is 7.11 Å². The zero-order valence-corrected chi connectivity index (χ0v) is 9.11. The van der Waals surface area contributed by atoms with Crippen LogP contribution in [0.15, 0.2) is 22.6 Å². The van der Waals surface area contributed by atoms with E-state index in [0.29, 0.717) is 16.9 Å². The van der Waals surface area contributed by atoms with Crippen molar-refractivity contribution in [2.75, 3.05) is 7.11 Å². The van der Waals surface area contributed by atoms with Crippen LogP contribution in [-0.2, 0) is 11.2 Å². The van der Waals surface area contributed by atoms with Gasteiger partial charge in [0, 0.05) is 10.9 Å². The Morgan fingerprint density at radius 1 is 1.50 bits per heavy atom. The molecule has 84 valence electrons. The van der Waals surface area contributed by atoms with Gasteiger partial charge in [0.05, 0.1) is 13.5 Å². The van der Waals surface area contributed by atoms with Gasteiger partial charge in [0.1, 0.15) is 5.76 Å². The first kappa shape index (κ1) is 10.5. The van der Waals surface area contributed by atoms with Crippen LogP contribution >= 0.6 is 0 Å². The summed E-state index contributed by atoms with van der Waals surface area (Å²) in [6, 6.07) is 5.49. The molecular formula is C12H12O4. The van der Waals surface area contributed by atoms with Crippen LogP contribution in [0.1, 0.15) is 11.3 Å². The number of methoxy groups -OCH3 is 1. The van der Waals surface area contributed by atoms with Crippen molar-refractivity contribution in [1.82, 2.24) is 0 Å². The number of fused-ring (bicyclic) bond motifs is 1. The molecule has 4 nitrogen and oxygen atoms in total. The van der Waals surface area contributed by atoms with Gasteiger partial charge in [-0.15, -0.1) is 0 Å². The first-order chi connectivity index (χ1) is 7.61. The zero-order chi connectivity index (χ0) is 11.7. The first-order valence-electron chi connectivity index (χ1n) is 4.89. The van der Waals surface area contributed by atoms with E-state index in [0.717, 1.165) is 11.1 Å². The van der Waals surface area contributed by atoms with Crippen molar-refractivity contribution in [3.63, 3.8) is 0 Å². The van der Waals surface area contributed by atoms with E-state index in [-0.39, 0.29) is 6.42 Å². The van der Waals surface area contributed by atoms with Crippen LogP contribution in [0.4, 0.5) is 0 Å². The fraction of sp³-hybridized carbons (Fsp3) is 0.250. The Morgan fingerprint density at radius 2 is 2.25 bits per heavy atom. The number of furan rings is 1. The maximum atomic E-state index is 10.7. The molecule has 0 amide bonds. The number of rotatable bonds is 3. The molecule has 1 heterocycles. The minimum Gasteiger partial charge on any atom is -0.493 e. The summed E-state index contributed by atoms with van der Waals surface area (Å²) in [4.78, 5) is 10.7. The summed E-state index contributed by atoms with van der Waals surface area (Å²) in [5.41, 5.74) is 1.23. The number of hydrogen-bond acceptors (Lipinski definition) is 3. The lowest BCUT2D eigenvalue weighted by Crippen LogP contribution is -2.02. The monoisotopic (exact) mass is 220 g/mol. The normalized spacial score (nSPS) is 10.6. The number of carboxylic acids is 1. The molecule has 0 bridgehead atoms. The fourth-order valence-electron chi connectivity index (χ4n) is 1.77. The van der Waals surface area contributed by atoms with E-state index in [2.05, 4.69) is 0 Å². The molecule has 0 spiro atoms. The highest BCUT2D eigenvalue weighted by Gasteiger charge is 2.14. The number of hydrogen-bond donors (Lipinski definition) is 1. The predicted octanol–water partition coefficient (Wildman–Crippen LogP) is 2.38. The molecule has 2 rings (SSSR count). The predicted molar refractivity (Wildman–Crippen MR) is 58.8 cm³/mol. The molecule has 0 fully saturated rings. The highest BCUT2D eigenvalue weighted by molar-refractivity contribution is 5.86. The molecule has 2 aromatic rings. The molecule has 0 aliphatic rings. The van der Waals surface area contributed by atoms with Gasteiger partial charge < -0.3 is 14.3 Å². The summed E-state index contributed by atoms with van der Waals surface area (Å²) in [7, 11) is 1.51. The highest BCUT2D eigenvalue weighted by Crippen LogP contribution is 2.32. The average molecular weight is 220 g/mol. The third kappa shape index (κ3) is 1.74. The van der Waals surface area contributed by atoms with Gasteiger partial charge in [-0.2, -0.15) is 0 Å². The zero-order valence-electron chi connectivity index (χ0n) is 9.11. The van der Waals surface area contributed by atoms with Crippen LogP contribution in [0.5, 0.6) is 5.75 Å². The van der Waals surface area contributed by atoms with Gasteiger partial charge >= 0.3 is 5.97 Å². The minimum atomic E-state index is -0.888. The minimum absolute atomic E-state index is 0.0706. The van der Waals surface area contributed by atoms with Crippen LogP contribution in [0.2, 0.25) is 0 Å². The van der Waals surface area contributed by atoms with Crippen LogP contribution in [-0.4, -0.2) is 18.2 Å². The van der Waals surface area contributed by atoms with Crippen LogP contribution in [0.25, 0.3) is 11.0 Å². The Balaban J connectivity index is 2.62. The van der Waals surface area contributed by atoms with E-state index < -0.39 is 5.97 Å². The lowest BCUT2D eigenvalue weighted by Gasteiger charge is -2.06. The molecule has 4 heteroatoms. The number of carbonyl (C=O) groups is 1. The van der Waals surface area contributed by atoms with Gasteiger partial charge in [-0.1, -0.05) is 12.1 Å². The SMILES string of the molecule is COc1c(CC(=O)O)ccc2cc(C)oc12. The second-order valence-electron chi connectivity index (χ2n) is 3.60. The van der Waals surface area contributed by atoms with Gasteiger partial charge in [-0.25, -0.2) is 0 Å². The Kier molecular flexibility index (Phi) is 2.56. The summed E-state index contributed by atoms with van der Waals surface area (Å²) in [5, 5.41) is 9.70. The number of benzene rings is 1. The molecule has 0 radical (unpaired) electrons. The molecule has 1 aromatic carbocycles. The van der Waals surface area contributed by atoms with Gasteiger partial charge in [-0.05, 0) is 13.0 Å². The van der Waals surface area contributed by atoms with Crippen molar-refractivity contribution in [2.24, 2.45) is 0 Å². The number of aliphatic carboxylic acids is 1. The summed E-state index contributed by atoms with van der Waals surface area (Å²) < 4.78 is 10.7. The van der Waals surface area contributed by atoms with Gasteiger partial charge in [0.2, 0.25) is 0 Å². The molecule has 0 aliphatic heterocycles. The van der Waals surface area contributed by atoms with Crippen molar-refractivity contribution in [1.29, 1.82) is 0 Å². The van der Waals surface area contributed by atoms with E-state index >= 15 is 0 Å². The van der Waals surface area contributed by atoms with Crippen LogP contribution in [0.3, 0.4) is 0 Å². The van der Waals surface area contributed by atoms with Crippen molar-refractivity contribution in [3.05, 3.63) is 29.5 Å². The lowest BCUT2D eigenvalue weighted by atomic mass is 10.1. The quantitative estimate of drug-likeness (QED) is 0.862. The summed E-state index contributed by atoms with van der Waals surface area (Å²) in [5.74, 6) is 0.398. The molecular weight excluding hydrogens is 208 g/mol. The molecule has 1 aromatic heterocycles. The van der Waals surface area contributed by atoms with E-state index in [1.54, 1.807) is 6.07 Å². The third-order valence-electron chi connectivity index (χ3n) is 2.39. The molecule has 0 unspecified atom stereocenters. The third-order valence-corrected chi connectivity index (χ3v) is 2.39. The number of ether oxygens (including phenoxy) is 1. The smallest absolute Gasteiger partial charge is 0.307 e. The van der Waals surface area contributed by atoms with Crippen LogP contribution < -0.4 is 4.74 Å². The summed E-state index contributed by atoms with van der Waals surface area (Å²) in [6.07, 6.45) is -0.0706. The molecule has 0 atom stereocenters. The molecule has 16 heavy (non-hydrogen) atoms. The second kappa shape index (κ2) is 3.89. The maximum Gasteiger partial charge on any atom is 0.307 e. The Labute approximate surface area is 92.4 Å². The topological polar surface area (TPSA) is 59.7 Å². The average Bonchev–Trinajstić information content (AvgIpc) is 2.57. The number of aryl methyl sites for hydroxylation is 1. The Hall–Kier alpha value is -1.97. The van der Waals surface area contributed by atoms with Crippen molar-refractivity contribution in [3.8, 4) is 5.75 Å². The fourth-order valence-corrected chi connectivity index (χ4v) is 1.77. The Morgan fingerprint density at radius 3 is 2.88 bits per heavy atom. The lowest BCUT2D eigenvalue weighted by molar-refractivity contribution is -0.136. The van der Waals surface area contributed by atoms with E-state index in [1.807, 2.05) is 19.1 Å².